The highest BCUT2D eigenvalue weighted by atomic mass is 35.5. The first-order valence-corrected chi connectivity index (χ1v) is 7.17. The maximum atomic E-state index is 13.8. The van der Waals surface area contributed by atoms with Gasteiger partial charge in [-0.05, 0) is 12.1 Å². The van der Waals surface area contributed by atoms with Crippen LogP contribution in [0.2, 0.25) is 5.02 Å². The van der Waals surface area contributed by atoms with Gasteiger partial charge >= 0.3 is 0 Å². The van der Waals surface area contributed by atoms with Crippen molar-refractivity contribution in [1.82, 2.24) is 9.97 Å². The molecule has 1 aliphatic heterocycles. The largest absolute Gasteiger partial charge is 0.363 e. The van der Waals surface area contributed by atoms with Gasteiger partial charge in [-0.15, -0.1) is 0 Å². The predicted octanol–water partition coefficient (Wildman–Crippen LogP) is 3.01. The van der Waals surface area contributed by atoms with Crippen molar-refractivity contribution in [2.24, 2.45) is 0 Å². The highest BCUT2D eigenvalue weighted by Gasteiger charge is 2.28. The van der Waals surface area contributed by atoms with Gasteiger partial charge in [-0.25, -0.2) is 4.98 Å². The predicted molar refractivity (Wildman–Crippen MR) is 77.7 cm³/mol. The van der Waals surface area contributed by atoms with Gasteiger partial charge in [-0.3, -0.25) is 0 Å². The molecule has 0 aliphatic carbocycles. The molecule has 0 spiro atoms. The van der Waals surface area contributed by atoms with E-state index in [1.807, 2.05) is 4.90 Å². The number of anilines is 2. The number of rotatable bonds is 2. The molecule has 1 saturated heterocycles. The molecule has 2 aromatic rings. The third-order valence-corrected chi connectivity index (χ3v) is 3.90. The molecule has 0 N–H and O–H groups in total. The molecule has 122 valence electrons. The van der Waals surface area contributed by atoms with Gasteiger partial charge in [0.25, 0.3) is 11.9 Å². The fraction of sp³-hybridized carbons (Fsp3) is 0.286. The number of pyridine rings is 2. The van der Waals surface area contributed by atoms with E-state index in [1.165, 1.54) is 4.90 Å². The summed E-state index contributed by atoms with van der Waals surface area (Å²) in [5.74, 6) is -5.74. The van der Waals surface area contributed by atoms with Crippen molar-refractivity contribution in [1.29, 1.82) is 0 Å². The summed E-state index contributed by atoms with van der Waals surface area (Å²) >= 11 is 6.06. The van der Waals surface area contributed by atoms with Crippen molar-refractivity contribution in [3.8, 4) is 0 Å². The average Bonchev–Trinajstić information content (AvgIpc) is 2.55. The Bertz CT molecular complexity index is 709. The molecular formula is C14H11ClF4N4. The smallest absolute Gasteiger partial charge is 0.253 e. The highest BCUT2D eigenvalue weighted by Crippen LogP contribution is 2.29. The Morgan fingerprint density at radius 1 is 0.913 bits per heavy atom. The van der Waals surface area contributed by atoms with Crippen molar-refractivity contribution >= 4 is 23.1 Å². The summed E-state index contributed by atoms with van der Waals surface area (Å²) in [5, 5.41) is 0.458. The second-order valence-corrected chi connectivity index (χ2v) is 5.36. The first-order valence-electron chi connectivity index (χ1n) is 6.79. The quantitative estimate of drug-likeness (QED) is 0.618. The van der Waals surface area contributed by atoms with Crippen LogP contribution in [0.1, 0.15) is 0 Å². The topological polar surface area (TPSA) is 32.3 Å². The van der Waals surface area contributed by atoms with Gasteiger partial charge in [0.15, 0.2) is 0 Å². The summed E-state index contributed by atoms with van der Waals surface area (Å²) in [4.78, 5) is 9.79. The van der Waals surface area contributed by atoms with Crippen molar-refractivity contribution in [3.63, 3.8) is 0 Å². The van der Waals surface area contributed by atoms with Gasteiger partial charge in [-0.1, -0.05) is 11.6 Å². The molecule has 4 nitrogen and oxygen atoms in total. The van der Waals surface area contributed by atoms with Crippen LogP contribution < -0.4 is 9.80 Å². The van der Waals surface area contributed by atoms with E-state index in [9.17, 15) is 17.6 Å². The average molecular weight is 347 g/mol. The van der Waals surface area contributed by atoms with E-state index in [-0.39, 0.29) is 13.1 Å². The summed E-state index contributed by atoms with van der Waals surface area (Å²) in [5.41, 5.74) is -0.734. The summed E-state index contributed by atoms with van der Waals surface area (Å²) in [6.07, 6.45) is 1.58. The molecule has 0 radical (unpaired) electrons. The van der Waals surface area contributed by atoms with Gasteiger partial charge in [0.05, 0.1) is 5.02 Å². The van der Waals surface area contributed by atoms with Gasteiger partial charge in [0.2, 0.25) is 11.6 Å². The third kappa shape index (κ3) is 2.90. The lowest BCUT2D eigenvalue weighted by atomic mass is 10.2. The molecule has 0 amide bonds. The lowest BCUT2D eigenvalue weighted by molar-refractivity contribution is 0.404. The molecule has 0 saturated carbocycles. The van der Waals surface area contributed by atoms with Gasteiger partial charge in [0.1, 0.15) is 11.5 Å². The standard InChI is InChI=1S/C14H11ClF4N4/c15-8-2-1-3-20-14(8)23-6-4-22(5-7-23)11-9(16)12(18)21-13(19)10(11)17/h1-3H,4-7H2. The fourth-order valence-electron chi connectivity index (χ4n) is 2.51. The lowest BCUT2D eigenvalue weighted by Gasteiger charge is -2.37. The SMILES string of the molecule is Fc1nc(F)c(F)c(N2CCN(c3ncccc3Cl)CC2)c1F. The Hall–Kier alpha value is -2.09. The maximum absolute atomic E-state index is 13.8. The van der Waals surface area contributed by atoms with E-state index >= 15 is 0 Å². The monoisotopic (exact) mass is 346 g/mol. The Labute approximate surface area is 134 Å². The Morgan fingerprint density at radius 3 is 2.04 bits per heavy atom. The van der Waals surface area contributed by atoms with Crippen molar-refractivity contribution < 1.29 is 17.6 Å². The zero-order chi connectivity index (χ0) is 16.6. The second kappa shape index (κ2) is 6.19. The number of piperazine rings is 1. The van der Waals surface area contributed by atoms with E-state index in [2.05, 4.69) is 9.97 Å². The molecule has 3 heterocycles. The van der Waals surface area contributed by atoms with Crippen LogP contribution in [0.3, 0.4) is 0 Å². The molecule has 1 fully saturated rings. The number of hydrogen-bond donors (Lipinski definition) is 0. The van der Waals surface area contributed by atoms with Crippen molar-refractivity contribution in [3.05, 3.63) is 46.9 Å². The molecule has 3 rings (SSSR count). The van der Waals surface area contributed by atoms with E-state index in [4.69, 9.17) is 11.6 Å². The first-order chi connectivity index (χ1) is 11.0. The van der Waals surface area contributed by atoms with Gasteiger partial charge in [0, 0.05) is 32.4 Å². The Kier molecular flexibility index (Phi) is 4.25. The van der Waals surface area contributed by atoms with Crippen LogP contribution in [0.5, 0.6) is 0 Å². The summed E-state index contributed by atoms with van der Waals surface area (Å²) in [7, 11) is 0. The molecule has 1 aliphatic rings. The number of halogens is 5. The summed E-state index contributed by atoms with van der Waals surface area (Å²) in [6.45, 7) is 1.01. The molecule has 9 heteroatoms. The van der Waals surface area contributed by atoms with Crippen molar-refractivity contribution in [2.75, 3.05) is 36.0 Å². The minimum Gasteiger partial charge on any atom is -0.363 e. The molecule has 0 atom stereocenters. The van der Waals surface area contributed by atoms with Crippen LogP contribution in [-0.2, 0) is 0 Å². The van der Waals surface area contributed by atoms with Gasteiger partial charge in [-0.2, -0.15) is 22.5 Å². The fourth-order valence-corrected chi connectivity index (χ4v) is 2.75. The summed E-state index contributed by atoms with van der Waals surface area (Å²) < 4.78 is 54.0. The van der Waals surface area contributed by atoms with Crippen molar-refractivity contribution in [2.45, 2.75) is 0 Å². The Balaban J connectivity index is 1.82. The molecular weight excluding hydrogens is 336 g/mol. The number of aromatic nitrogens is 2. The second-order valence-electron chi connectivity index (χ2n) is 4.95. The maximum Gasteiger partial charge on any atom is 0.253 e. The van der Waals surface area contributed by atoms with Crippen LogP contribution in [0.25, 0.3) is 0 Å². The van der Waals surface area contributed by atoms with E-state index < -0.39 is 29.2 Å². The molecule has 0 aromatic carbocycles. The van der Waals surface area contributed by atoms with Crippen LogP contribution in [0, 0.1) is 23.5 Å². The van der Waals surface area contributed by atoms with Crippen LogP contribution in [0.4, 0.5) is 29.1 Å². The number of nitrogens with zero attached hydrogens (tertiary/aromatic N) is 4. The zero-order valence-corrected chi connectivity index (χ0v) is 12.5. The Morgan fingerprint density at radius 2 is 1.48 bits per heavy atom. The van der Waals surface area contributed by atoms with Crippen LogP contribution in [-0.4, -0.2) is 36.1 Å². The zero-order valence-electron chi connectivity index (χ0n) is 11.7. The molecule has 2 aromatic heterocycles. The molecule has 0 unspecified atom stereocenters. The minimum atomic E-state index is -1.66. The molecule has 23 heavy (non-hydrogen) atoms. The van der Waals surface area contributed by atoms with Crippen LogP contribution in [0.15, 0.2) is 18.3 Å². The third-order valence-electron chi connectivity index (χ3n) is 3.61. The van der Waals surface area contributed by atoms with Crippen LogP contribution >= 0.6 is 11.6 Å². The van der Waals surface area contributed by atoms with Gasteiger partial charge < -0.3 is 9.80 Å². The lowest BCUT2D eigenvalue weighted by Crippen LogP contribution is -2.47. The molecule has 0 bridgehead atoms. The normalized spacial score (nSPS) is 15.2. The van der Waals surface area contributed by atoms with E-state index in [0.29, 0.717) is 23.9 Å². The number of hydrogen-bond acceptors (Lipinski definition) is 4. The first kappa shape index (κ1) is 15.8. The summed E-state index contributed by atoms with van der Waals surface area (Å²) in [6, 6.07) is 3.37. The van der Waals surface area contributed by atoms with E-state index in [0.717, 1.165) is 0 Å². The van der Waals surface area contributed by atoms with E-state index in [1.54, 1.807) is 18.3 Å². The highest BCUT2D eigenvalue weighted by molar-refractivity contribution is 6.32. The minimum absolute atomic E-state index is 0.156.